The first-order valence-corrected chi connectivity index (χ1v) is 13.0. The molecule has 1 aliphatic rings. The van der Waals surface area contributed by atoms with E-state index in [2.05, 4.69) is 5.32 Å². The molecule has 4 rings (SSSR count). The number of amides is 2. The van der Waals surface area contributed by atoms with Gasteiger partial charge in [-0.15, -0.1) is 0 Å². The highest BCUT2D eigenvalue weighted by molar-refractivity contribution is 6.31. The van der Waals surface area contributed by atoms with Crippen molar-refractivity contribution in [2.75, 3.05) is 45.8 Å². The van der Waals surface area contributed by atoms with Crippen molar-refractivity contribution in [2.24, 2.45) is 5.92 Å². The largest absolute Gasteiger partial charge is 0.497 e. The van der Waals surface area contributed by atoms with Crippen LogP contribution in [-0.2, 0) is 9.59 Å². The number of hydrogen-bond acceptors (Lipinski definition) is 7. The van der Waals surface area contributed by atoms with Gasteiger partial charge in [0.25, 0.3) is 0 Å². The average Bonchev–Trinajstić information content (AvgIpc) is 2.97. The minimum atomic E-state index is -0.710. The minimum Gasteiger partial charge on any atom is -0.497 e. The van der Waals surface area contributed by atoms with E-state index in [9.17, 15) is 9.59 Å². The summed E-state index contributed by atoms with van der Waals surface area (Å²) in [6, 6.07) is 13.4. The second kappa shape index (κ2) is 12.4. The Bertz CT molecular complexity index is 1390. The van der Waals surface area contributed by atoms with Crippen molar-refractivity contribution in [3.8, 4) is 28.7 Å². The Hall–Kier alpha value is -4.11. The Morgan fingerprint density at radius 3 is 2.12 bits per heavy atom. The monoisotopic (exact) mass is 568 g/mol. The van der Waals surface area contributed by atoms with Crippen LogP contribution in [0, 0.1) is 12.8 Å². The van der Waals surface area contributed by atoms with Gasteiger partial charge in [-0.3, -0.25) is 9.59 Å². The van der Waals surface area contributed by atoms with E-state index < -0.39 is 12.0 Å². The summed E-state index contributed by atoms with van der Waals surface area (Å²) in [5, 5.41) is 3.52. The second-order valence-corrected chi connectivity index (χ2v) is 9.71. The lowest BCUT2D eigenvalue weighted by molar-refractivity contribution is -0.126. The number of ether oxygens (including phenoxy) is 5. The molecule has 2 atom stereocenters. The lowest BCUT2D eigenvalue weighted by atomic mass is 9.82. The number of nitrogens with one attached hydrogen (secondary N) is 1. The van der Waals surface area contributed by atoms with Crippen LogP contribution in [0.5, 0.6) is 28.7 Å². The Labute approximate surface area is 238 Å². The summed E-state index contributed by atoms with van der Waals surface area (Å²) in [4.78, 5) is 29.1. The molecule has 3 aromatic rings. The van der Waals surface area contributed by atoms with Gasteiger partial charge in [0.15, 0.2) is 11.5 Å². The van der Waals surface area contributed by atoms with Crippen LogP contribution in [0.25, 0.3) is 0 Å². The summed E-state index contributed by atoms with van der Waals surface area (Å²) < 4.78 is 27.5. The summed E-state index contributed by atoms with van der Waals surface area (Å²) in [5.74, 6) is 1.21. The fraction of sp³-hybridized carbons (Fsp3) is 0.333. The SMILES string of the molecule is COc1ccc(NC(=O)[C@H]2CCC(=O)N(c3ccc(C)c(Cl)c3)[C@@H]2c2cc(OC)c(OC)c(OC)c2)c(OC)c1. The van der Waals surface area contributed by atoms with Crippen LogP contribution in [-0.4, -0.2) is 47.4 Å². The molecule has 1 aliphatic heterocycles. The van der Waals surface area contributed by atoms with Crippen LogP contribution in [0.15, 0.2) is 48.5 Å². The number of carbonyl (C=O) groups excluding carboxylic acids is 2. The van der Waals surface area contributed by atoms with E-state index in [0.717, 1.165) is 5.56 Å². The van der Waals surface area contributed by atoms with E-state index in [1.54, 1.807) is 48.4 Å². The van der Waals surface area contributed by atoms with Crippen molar-refractivity contribution in [3.63, 3.8) is 0 Å². The second-order valence-electron chi connectivity index (χ2n) is 9.30. The van der Waals surface area contributed by atoms with E-state index in [-0.39, 0.29) is 18.2 Å². The van der Waals surface area contributed by atoms with E-state index in [1.165, 1.54) is 28.4 Å². The molecule has 9 nitrogen and oxygen atoms in total. The molecule has 0 spiro atoms. The van der Waals surface area contributed by atoms with Crippen molar-refractivity contribution in [1.29, 1.82) is 0 Å². The number of halogens is 1. The summed E-state index contributed by atoms with van der Waals surface area (Å²) in [5.41, 5.74) is 2.58. The van der Waals surface area contributed by atoms with Gasteiger partial charge in [-0.05, 0) is 60.9 Å². The molecule has 1 saturated heterocycles. The van der Waals surface area contributed by atoms with E-state index in [0.29, 0.717) is 57.1 Å². The van der Waals surface area contributed by atoms with Gasteiger partial charge >= 0.3 is 0 Å². The zero-order chi connectivity index (χ0) is 29.0. The highest BCUT2D eigenvalue weighted by Gasteiger charge is 2.42. The van der Waals surface area contributed by atoms with Crippen LogP contribution in [0.3, 0.4) is 0 Å². The Morgan fingerprint density at radius 1 is 0.875 bits per heavy atom. The molecule has 1 N–H and O–H groups in total. The summed E-state index contributed by atoms with van der Waals surface area (Å²) in [6.07, 6.45) is 0.491. The molecule has 10 heteroatoms. The van der Waals surface area contributed by atoms with Crippen molar-refractivity contribution < 1.29 is 33.3 Å². The lowest BCUT2D eigenvalue weighted by Gasteiger charge is -2.41. The standard InChI is InChI=1S/C30H33ClN2O7/c1-17-7-8-19(15-22(17)31)33-27(34)12-10-21(30(35)32-23-11-9-20(36-2)16-24(23)37-3)28(33)18-13-25(38-4)29(40-6)26(14-18)39-5/h7-9,11,13-16,21,28H,10,12H2,1-6H3,(H,32,35)/t21-,28+/m0/s1. The number of hydrogen-bond donors (Lipinski definition) is 1. The predicted molar refractivity (Wildman–Crippen MR) is 153 cm³/mol. The number of carbonyl (C=O) groups is 2. The van der Waals surface area contributed by atoms with Gasteiger partial charge in [-0.25, -0.2) is 0 Å². The normalized spacial score (nSPS) is 16.8. The van der Waals surface area contributed by atoms with Gasteiger partial charge in [0.1, 0.15) is 11.5 Å². The van der Waals surface area contributed by atoms with Crippen molar-refractivity contribution in [1.82, 2.24) is 0 Å². The molecular formula is C30H33ClN2O7. The number of benzene rings is 3. The third kappa shape index (κ3) is 5.60. The van der Waals surface area contributed by atoms with Crippen molar-refractivity contribution in [2.45, 2.75) is 25.8 Å². The lowest BCUT2D eigenvalue weighted by Crippen LogP contribution is -2.47. The average molecular weight is 569 g/mol. The maximum atomic E-state index is 14.0. The third-order valence-electron chi connectivity index (χ3n) is 7.06. The number of rotatable bonds is 9. The molecule has 0 aliphatic carbocycles. The van der Waals surface area contributed by atoms with Crippen LogP contribution < -0.4 is 33.9 Å². The van der Waals surface area contributed by atoms with Gasteiger partial charge in [0.2, 0.25) is 17.6 Å². The Balaban J connectivity index is 1.85. The number of methoxy groups -OCH3 is 5. The fourth-order valence-corrected chi connectivity index (χ4v) is 5.16. The van der Waals surface area contributed by atoms with Gasteiger partial charge in [-0.1, -0.05) is 17.7 Å². The van der Waals surface area contributed by atoms with Gasteiger partial charge in [-0.2, -0.15) is 0 Å². The van der Waals surface area contributed by atoms with Crippen LogP contribution >= 0.6 is 11.6 Å². The first-order chi connectivity index (χ1) is 19.3. The third-order valence-corrected chi connectivity index (χ3v) is 7.47. The zero-order valence-corrected chi connectivity index (χ0v) is 24.1. The van der Waals surface area contributed by atoms with Crippen LogP contribution in [0.1, 0.15) is 30.0 Å². The maximum Gasteiger partial charge on any atom is 0.230 e. The van der Waals surface area contributed by atoms with Gasteiger partial charge in [0.05, 0.1) is 53.2 Å². The van der Waals surface area contributed by atoms with Crippen molar-refractivity contribution >= 4 is 34.8 Å². The number of aryl methyl sites for hydroxylation is 1. The first kappa shape index (κ1) is 28.9. The molecular weight excluding hydrogens is 536 g/mol. The van der Waals surface area contributed by atoms with Gasteiger partial charge < -0.3 is 33.9 Å². The Morgan fingerprint density at radius 2 is 1.55 bits per heavy atom. The number of nitrogens with zero attached hydrogens (tertiary/aromatic N) is 1. The van der Waals surface area contributed by atoms with Crippen LogP contribution in [0.2, 0.25) is 5.02 Å². The molecule has 40 heavy (non-hydrogen) atoms. The zero-order valence-electron chi connectivity index (χ0n) is 23.4. The highest BCUT2D eigenvalue weighted by atomic mass is 35.5. The van der Waals surface area contributed by atoms with E-state index in [1.807, 2.05) is 19.1 Å². The summed E-state index contributed by atoms with van der Waals surface area (Å²) >= 11 is 6.48. The topological polar surface area (TPSA) is 95.6 Å². The fourth-order valence-electron chi connectivity index (χ4n) is 4.98. The smallest absolute Gasteiger partial charge is 0.230 e. The molecule has 0 bridgehead atoms. The summed E-state index contributed by atoms with van der Waals surface area (Å²) in [7, 11) is 7.63. The molecule has 3 aromatic carbocycles. The molecule has 1 heterocycles. The Kier molecular flexibility index (Phi) is 8.94. The molecule has 0 radical (unpaired) electrons. The van der Waals surface area contributed by atoms with Gasteiger partial charge in [0, 0.05) is 23.2 Å². The predicted octanol–water partition coefficient (Wildman–Crippen LogP) is 5.81. The van der Waals surface area contributed by atoms with Crippen molar-refractivity contribution in [3.05, 3.63) is 64.7 Å². The number of piperidine rings is 1. The highest BCUT2D eigenvalue weighted by Crippen LogP contribution is 2.46. The van der Waals surface area contributed by atoms with E-state index in [4.69, 9.17) is 35.3 Å². The molecule has 0 aromatic heterocycles. The number of anilines is 2. The molecule has 212 valence electrons. The quantitative estimate of drug-likeness (QED) is 0.348. The molecule has 0 unspecified atom stereocenters. The molecule has 0 saturated carbocycles. The summed E-state index contributed by atoms with van der Waals surface area (Å²) in [6.45, 7) is 1.89. The first-order valence-electron chi connectivity index (χ1n) is 12.7. The minimum absolute atomic E-state index is 0.134. The molecule has 1 fully saturated rings. The van der Waals surface area contributed by atoms with Crippen LogP contribution in [0.4, 0.5) is 11.4 Å². The van der Waals surface area contributed by atoms with E-state index >= 15 is 0 Å². The maximum absolute atomic E-state index is 14.0. The molecule has 2 amide bonds.